The Labute approximate surface area is 138 Å². The van der Waals surface area contributed by atoms with E-state index in [1.807, 2.05) is 6.92 Å². The number of aromatic nitrogens is 3. The molecule has 0 bridgehead atoms. The second kappa shape index (κ2) is 6.24. The zero-order valence-corrected chi connectivity index (χ0v) is 13.8. The highest BCUT2D eigenvalue weighted by atomic mass is 35.6. The van der Waals surface area contributed by atoms with E-state index in [2.05, 4.69) is 10.3 Å². The molecular formula is C9H9Cl5F3N3. The molecule has 0 saturated carbocycles. The first-order valence-corrected chi connectivity index (χ1v) is 7.27. The van der Waals surface area contributed by atoms with Crippen LogP contribution in [0, 0.1) is 0 Å². The highest BCUT2D eigenvalue weighted by molar-refractivity contribution is 6.75. The van der Waals surface area contributed by atoms with Crippen molar-refractivity contribution in [3.05, 3.63) is 11.4 Å². The number of halogens is 8. The first-order valence-electron chi connectivity index (χ1n) is 5.38. The minimum absolute atomic E-state index is 0.122. The number of nitrogens with zero attached hydrogens (tertiary/aromatic N) is 3. The smallest absolute Gasteiger partial charge is 0.245 e. The van der Waals surface area contributed by atoms with Crippen LogP contribution in [0.1, 0.15) is 31.2 Å². The first-order chi connectivity index (χ1) is 8.93. The third-order valence-electron chi connectivity index (χ3n) is 2.38. The summed E-state index contributed by atoms with van der Waals surface area (Å²) in [5.41, 5.74) is -2.05. The van der Waals surface area contributed by atoms with Crippen LogP contribution in [0.4, 0.5) is 13.2 Å². The summed E-state index contributed by atoms with van der Waals surface area (Å²) in [7, 11) is 0. The highest BCUT2D eigenvalue weighted by Crippen LogP contribution is 2.54. The number of hydrogen-bond acceptors (Lipinski definition) is 2. The van der Waals surface area contributed by atoms with E-state index in [1.165, 1.54) is 0 Å². The quantitative estimate of drug-likeness (QED) is 0.667. The van der Waals surface area contributed by atoms with Gasteiger partial charge in [0.1, 0.15) is 5.69 Å². The fraction of sp³-hybridized carbons (Fsp3) is 0.778. The van der Waals surface area contributed by atoms with E-state index in [4.69, 9.17) is 58.0 Å². The van der Waals surface area contributed by atoms with Crippen LogP contribution in [0.5, 0.6) is 0 Å². The van der Waals surface area contributed by atoms with Crippen molar-refractivity contribution >= 4 is 58.0 Å². The van der Waals surface area contributed by atoms with Gasteiger partial charge in [0.15, 0.2) is 5.69 Å². The van der Waals surface area contributed by atoms with Crippen LogP contribution < -0.4 is 0 Å². The molecule has 0 spiro atoms. The van der Waals surface area contributed by atoms with E-state index in [0.717, 1.165) is 4.68 Å². The van der Waals surface area contributed by atoms with Gasteiger partial charge in [-0.1, -0.05) is 76.6 Å². The van der Waals surface area contributed by atoms with Crippen molar-refractivity contribution in [2.24, 2.45) is 0 Å². The van der Waals surface area contributed by atoms with Crippen molar-refractivity contribution in [3.8, 4) is 0 Å². The number of rotatable bonds is 4. The Hall–Kier alpha value is 0.380. The van der Waals surface area contributed by atoms with Crippen LogP contribution in [-0.4, -0.2) is 18.8 Å². The maximum absolute atomic E-state index is 12.9. The van der Waals surface area contributed by atoms with Crippen LogP contribution in [0.2, 0.25) is 0 Å². The third-order valence-corrected chi connectivity index (χ3v) is 4.74. The van der Waals surface area contributed by atoms with E-state index in [1.54, 1.807) is 0 Å². The molecule has 116 valence electrons. The van der Waals surface area contributed by atoms with Gasteiger partial charge in [0, 0.05) is 6.54 Å². The number of alkyl halides is 8. The van der Waals surface area contributed by atoms with Gasteiger partial charge in [-0.3, -0.25) is 0 Å². The summed E-state index contributed by atoms with van der Waals surface area (Å²) in [6.07, 6.45) is -3.56. The van der Waals surface area contributed by atoms with Crippen LogP contribution in [-0.2, 0) is 17.1 Å². The summed E-state index contributed by atoms with van der Waals surface area (Å²) in [5.74, 6) is 0. The molecule has 0 atom stereocenters. The average Bonchev–Trinajstić information content (AvgIpc) is 2.68. The topological polar surface area (TPSA) is 30.7 Å². The molecular weight excluding hydrogens is 384 g/mol. The molecule has 3 nitrogen and oxygen atoms in total. The molecule has 0 aromatic carbocycles. The molecule has 1 heterocycles. The number of hydrogen-bond donors (Lipinski definition) is 0. The maximum Gasteiger partial charge on any atom is 0.437 e. The average molecular weight is 393 g/mol. The normalized spacial score (nSPS) is 13.8. The molecule has 1 aromatic rings. The largest absolute Gasteiger partial charge is 0.437 e. The molecule has 20 heavy (non-hydrogen) atoms. The number of aryl methyl sites for hydroxylation is 1. The van der Waals surface area contributed by atoms with Gasteiger partial charge in [-0.2, -0.15) is 13.2 Å². The lowest BCUT2D eigenvalue weighted by Crippen LogP contribution is -2.33. The Bertz CT molecular complexity index is 466. The van der Waals surface area contributed by atoms with E-state index in [0.29, 0.717) is 12.8 Å². The summed E-state index contributed by atoms with van der Waals surface area (Å²) in [4.78, 5) is 0. The van der Waals surface area contributed by atoms with Crippen molar-refractivity contribution in [2.45, 2.75) is 40.6 Å². The first kappa shape index (κ1) is 18.4. The Morgan fingerprint density at radius 2 is 1.65 bits per heavy atom. The second-order valence-electron chi connectivity index (χ2n) is 3.93. The Kier molecular flexibility index (Phi) is 5.75. The monoisotopic (exact) mass is 391 g/mol. The number of unbranched alkanes of at least 4 members (excludes halogenated alkanes) is 1. The fourth-order valence-corrected chi connectivity index (χ4v) is 2.06. The second-order valence-corrected chi connectivity index (χ2v) is 7.54. The van der Waals surface area contributed by atoms with Crippen molar-refractivity contribution in [3.63, 3.8) is 0 Å². The van der Waals surface area contributed by atoms with Crippen molar-refractivity contribution in [1.29, 1.82) is 0 Å². The zero-order valence-electron chi connectivity index (χ0n) is 9.99. The van der Waals surface area contributed by atoms with E-state index in [9.17, 15) is 13.2 Å². The van der Waals surface area contributed by atoms with Crippen LogP contribution in [0.15, 0.2) is 0 Å². The van der Waals surface area contributed by atoms with Gasteiger partial charge in [-0.25, -0.2) is 4.68 Å². The van der Waals surface area contributed by atoms with Gasteiger partial charge in [0.25, 0.3) is 0 Å². The molecule has 0 N–H and O–H groups in total. The summed E-state index contributed by atoms with van der Waals surface area (Å²) >= 11 is 28.4. The molecule has 11 heteroatoms. The molecule has 0 amide bonds. The van der Waals surface area contributed by atoms with Gasteiger partial charge in [0.05, 0.1) is 0 Å². The molecule has 0 aliphatic heterocycles. The third kappa shape index (κ3) is 3.77. The van der Waals surface area contributed by atoms with Crippen molar-refractivity contribution < 1.29 is 13.2 Å². The molecule has 0 unspecified atom stereocenters. The van der Waals surface area contributed by atoms with E-state index < -0.39 is 25.7 Å². The summed E-state index contributed by atoms with van der Waals surface area (Å²) in [6, 6.07) is 0. The van der Waals surface area contributed by atoms with Crippen molar-refractivity contribution in [1.82, 2.24) is 15.0 Å². The minimum atomic E-state index is -4.81. The van der Waals surface area contributed by atoms with E-state index >= 15 is 0 Å². The lowest BCUT2D eigenvalue weighted by molar-refractivity contribution is -0.142. The molecule has 0 aliphatic carbocycles. The minimum Gasteiger partial charge on any atom is -0.245 e. The van der Waals surface area contributed by atoms with Gasteiger partial charge < -0.3 is 0 Å². The lowest BCUT2D eigenvalue weighted by atomic mass is 10.2. The zero-order chi connectivity index (χ0) is 15.8. The van der Waals surface area contributed by atoms with E-state index in [-0.39, 0.29) is 6.54 Å². The van der Waals surface area contributed by atoms with Gasteiger partial charge in [0.2, 0.25) is 8.13 Å². The highest BCUT2D eigenvalue weighted by Gasteiger charge is 2.55. The molecule has 0 radical (unpaired) electrons. The Morgan fingerprint density at radius 3 is 2.05 bits per heavy atom. The standard InChI is InChI=1S/C9H9Cl5F3N3/c1-2-3-4-20-6(7(10,11)9(12,13)14)5(18-19-20)8(15,16)17/h2-4H2,1H3. The van der Waals surface area contributed by atoms with Gasteiger partial charge in [-0.05, 0) is 6.42 Å². The molecule has 1 rings (SSSR count). The maximum atomic E-state index is 12.9. The Morgan fingerprint density at radius 1 is 1.10 bits per heavy atom. The molecule has 1 aromatic heterocycles. The molecule has 0 aliphatic rings. The summed E-state index contributed by atoms with van der Waals surface area (Å²) < 4.78 is 34.9. The predicted molar refractivity (Wildman–Crippen MR) is 73.6 cm³/mol. The SMILES string of the molecule is CCCCn1nnc(C(F)(F)F)c1C(Cl)(Cl)C(Cl)(Cl)Cl. The van der Waals surface area contributed by atoms with Gasteiger partial charge in [-0.15, -0.1) is 5.10 Å². The predicted octanol–water partition coefficient (Wildman–Crippen LogP) is 5.10. The molecule has 0 fully saturated rings. The molecule has 0 saturated heterocycles. The van der Waals surface area contributed by atoms with Crippen LogP contribution in [0.3, 0.4) is 0 Å². The van der Waals surface area contributed by atoms with Crippen LogP contribution >= 0.6 is 58.0 Å². The fourth-order valence-electron chi connectivity index (χ4n) is 1.41. The summed E-state index contributed by atoms with van der Waals surface area (Å²) in [6.45, 7) is 1.97. The van der Waals surface area contributed by atoms with Gasteiger partial charge >= 0.3 is 6.18 Å². The lowest BCUT2D eigenvalue weighted by Gasteiger charge is -2.28. The summed E-state index contributed by atoms with van der Waals surface area (Å²) in [5, 5.41) is 6.47. The van der Waals surface area contributed by atoms with Crippen LogP contribution in [0.25, 0.3) is 0 Å². The van der Waals surface area contributed by atoms with Crippen molar-refractivity contribution in [2.75, 3.05) is 0 Å². The Balaban J connectivity index is 3.43.